The number of amides is 2. The first-order chi connectivity index (χ1) is 9.90. The van der Waals surface area contributed by atoms with Gasteiger partial charge in [-0.1, -0.05) is 13.8 Å². The number of nitrogens with zero attached hydrogens (tertiary/aromatic N) is 1. The third-order valence-electron chi connectivity index (χ3n) is 3.15. The maximum Gasteiger partial charge on any atom is 0.326 e. The SMILES string of the molecule is Cc1[nH]ncc1CCCNC(=O)N[C@H](CC(C)C)C(=O)O. The molecule has 0 radical (unpaired) electrons. The number of nitrogens with one attached hydrogen (secondary N) is 3. The van der Waals surface area contributed by atoms with Crippen molar-refractivity contribution < 1.29 is 14.7 Å². The van der Waals surface area contributed by atoms with Crippen LogP contribution in [0.4, 0.5) is 4.79 Å². The maximum absolute atomic E-state index is 11.7. The van der Waals surface area contributed by atoms with Gasteiger partial charge in [-0.15, -0.1) is 0 Å². The van der Waals surface area contributed by atoms with Crippen LogP contribution in [0.1, 0.15) is 37.9 Å². The Hall–Kier alpha value is -2.05. The molecule has 7 nitrogen and oxygen atoms in total. The summed E-state index contributed by atoms with van der Waals surface area (Å²) in [7, 11) is 0. The number of hydrogen-bond donors (Lipinski definition) is 4. The predicted molar refractivity (Wildman–Crippen MR) is 79.1 cm³/mol. The molecule has 1 atom stereocenters. The summed E-state index contributed by atoms with van der Waals surface area (Å²) < 4.78 is 0. The van der Waals surface area contributed by atoms with Gasteiger partial charge >= 0.3 is 12.0 Å². The Morgan fingerprint density at radius 2 is 2.14 bits per heavy atom. The largest absolute Gasteiger partial charge is 0.480 e. The highest BCUT2D eigenvalue weighted by Crippen LogP contribution is 2.06. The Bertz CT molecular complexity index is 471. The fourth-order valence-corrected chi connectivity index (χ4v) is 2.01. The van der Waals surface area contributed by atoms with Gasteiger partial charge in [0.1, 0.15) is 6.04 Å². The lowest BCUT2D eigenvalue weighted by Gasteiger charge is -2.16. The molecule has 1 aromatic rings. The van der Waals surface area contributed by atoms with Crippen molar-refractivity contribution in [1.29, 1.82) is 0 Å². The zero-order valence-electron chi connectivity index (χ0n) is 12.8. The molecule has 0 saturated heterocycles. The highest BCUT2D eigenvalue weighted by molar-refractivity contribution is 5.82. The van der Waals surface area contributed by atoms with Crippen molar-refractivity contribution >= 4 is 12.0 Å². The van der Waals surface area contributed by atoms with E-state index >= 15 is 0 Å². The molecule has 0 saturated carbocycles. The highest BCUT2D eigenvalue weighted by Gasteiger charge is 2.20. The third kappa shape index (κ3) is 6.29. The summed E-state index contributed by atoms with van der Waals surface area (Å²) in [5, 5.41) is 21.0. The summed E-state index contributed by atoms with van der Waals surface area (Å²) in [5.41, 5.74) is 2.16. The van der Waals surface area contributed by atoms with E-state index in [4.69, 9.17) is 5.11 Å². The van der Waals surface area contributed by atoms with Gasteiger partial charge in [0.25, 0.3) is 0 Å². The topological polar surface area (TPSA) is 107 Å². The van der Waals surface area contributed by atoms with Crippen LogP contribution in [0.15, 0.2) is 6.20 Å². The van der Waals surface area contributed by atoms with Crippen molar-refractivity contribution in [3.05, 3.63) is 17.5 Å². The van der Waals surface area contributed by atoms with E-state index in [2.05, 4.69) is 20.8 Å². The van der Waals surface area contributed by atoms with E-state index in [0.29, 0.717) is 13.0 Å². The normalized spacial score (nSPS) is 12.2. The van der Waals surface area contributed by atoms with Crippen molar-refractivity contribution in [2.75, 3.05) is 6.54 Å². The Labute approximate surface area is 124 Å². The quantitative estimate of drug-likeness (QED) is 0.545. The molecule has 21 heavy (non-hydrogen) atoms. The van der Waals surface area contributed by atoms with Gasteiger partial charge in [-0.2, -0.15) is 5.10 Å². The van der Waals surface area contributed by atoms with Gasteiger partial charge in [0, 0.05) is 12.2 Å². The molecule has 0 fully saturated rings. The van der Waals surface area contributed by atoms with Crippen molar-refractivity contribution in [1.82, 2.24) is 20.8 Å². The summed E-state index contributed by atoms with van der Waals surface area (Å²) in [5.74, 6) is -0.802. The number of aromatic nitrogens is 2. The van der Waals surface area contributed by atoms with Crippen LogP contribution in [0.25, 0.3) is 0 Å². The first-order valence-electron chi connectivity index (χ1n) is 7.16. The molecule has 0 aliphatic carbocycles. The highest BCUT2D eigenvalue weighted by atomic mass is 16.4. The number of hydrogen-bond acceptors (Lipinski definition) is 3. The Kier molecular flexibility index (Phi) is 6.71. The number of aromatic amines is 1. The number of urea groups is 1. The van der Waals surface area contributed by atoms with Crippen LogP contribution in [0.5, 0.6) is 0 Å². The van der Waals surface area contributed by atoms with Gasteiger partial charge in [0.05, 0.1) is 6.20 Å². The molecule has 0 unspecified atom stereocenters. The van der Waals surface area contributed by atoms with Gasteiger partial charge in [-0.05, 0) is 37.7 Å². The monoisotopic (exact) mass is 296 g/mol. The number of carbonyl (C=O) groups excluding carboxylic acids is 1. The molecule has 7 heteroatoms. The lowest BCUT2D eigenvalue weighted by molar-refractivity contribution is -0.139. The van der Waals surface area contributed by atoms with Crippen molar-refractivity contribution in [2.45, 2.75) is 46.1 Å². The minimum absolute atomic E-state index is 0.204. The number of carboxylic acids is 1. The summed E-state index contributed by atoms with van der Waals surface area (Å²) in [4.78, 5) is 22.7. The minimum atomic E-state index is -1.01. The van der Waals surface area contributed by atoms with Crippen molar-refractivity contribution in [3.8, 4) is 0 Å². The molecule has 1 heterocycles. The minimum Gasteiger partial charge on any atom is -0.480 e. The van der Waals surface area contributed by atoms with Gasteiger partial charge in [0.15, 0.2) is 0 Å². The van der Waals surface area contributed by atoms with E-state index in [1.807, 2.05) is 20.8 Å². The third-order valence-corrected chi connectivity index (χ3v) is 3.15. The lowest BCUT2D eigenvalue weighted by Crippen LogP contribution is -2.46. The smallest absolute Gasteiger partial charge is 0.326 e. The molecule has 1 aromatic heterocycles. The standard InChI is InChI=1S/C14H24N4O3/c1-9(2)7-12(13(19)20)17-14(21)15-6-4-5-11-8-16-18-10(11)3/h8-9,12H,4-7H2,1-3H3,(H,16,18)(H,19,20)(H2,15,17,21)/t12-/m1/s1. The summed E-state index contributed by atoms with van der Waals surface area (Å²) in [6, 6.07) is -1.28. The Morgan fingerprint density at radius 3 is 2.67 bits per heavy atom. The van der Waals surface area contributed by atoms with Crippen LogP contribution < -0.4 is 10.6 Å². The predicted octanol–water partition coefficient (Wildman–Crippen LogP) is 1.45. The second kappa shape index (κ2) is 8.28. The van der Waals surface area contributed by atoms with E-state index in [0.717, 1.165) is 24.1 Å². The Balaban J connectivity index is 2.26. The summed E-state index contributed by atoms with van der Waals surface area (Å²) in [6.07, 6.45) is 3.78. The van der Waals surface area contributed by atoms with E-state index in [1.54, 1.807) is 6.20 Å². The fourth-order valence-electron chi connectivity index (χ4n) is 2.01. The maximum atomic E-state index is 11.7. The molecule has 0 aliphatic heterocycles. The Morgan fingerprint density at radius 1 is 1.43 bits per heavy atom. The molecule has 0 aliphatic rings. The molecule has 4 N–H and O–H groups in total. The molecular formula is C14H24N4O3. The van der Waals surface area contributed by atoms with Crippen LogP contribution in [0.2, 0.25) is 0 Å². The molecule has 1 rings (SSSR count). The number of H-pyrrole nitrogens is 1. The van der Waals surface area contributed by atoms with Gasteiger partial charge in [0.2, 0.25) is 0 Å². The fraction of sp³-hybridized carbons (Fsp3) is 0.643. The molecular weight excluding hydrogens is 272 g/mol. The second-order valence-electron chi connectivity index (χ2n) is 5.54. The van der Waals surface area contributed by atoms with E-state index in [1.165, 1.54) is 0 Å². The van der Waals surface area contributed by atoms with Crippen molar-refractivity contribution in [3.63, 3.8) is 0 Å². The van der Waals surface area contributed by atoms with Crippen LogP contribution in [-0.4, -0.2) is 39.9 Å². The van der Waals surface area contributed by atoms with Crippen molar-refractivity contribution in [2.24, 2.45) is 5.92 Å². The number of aryl methyl sites for hydroxylation is 2. The number of carboxylic acid groups (broad SMARTS) is 1. The number of rotatable bonds is 8. The number of carbonyl (C=O) groups is 2. The first kappa shape index (κ1) is 17.0. The van der Waals surface area contributed by atoms with Gasteiger partial charge < -0.3 is 15.7 Å². The van der Waals surface area contributed by atoms with Crippen LogP contribution in [-0.2, 0) is 11.2 Å². The van der Waals surface area contributed by atoms with Gasteiger partial charge in [-0.25, -0.2) is 9.59 Å². The molecule has 118 valence electrons. The average Bonchev–Trinajstić information content (AvgIpc) is 2.79. The van der Waals surface area contributed by atoms with E-state index < -0.39 is 18.0 Å². The zero-order valence-corrected chi connectivity index (χ0v) is 12.8. The molecule has 0 bridgehead atoms. The lowest BCUT2D eigenvalue weighted by atomic mass is 10.0. The van der Waals surface area contributed by atoms with Crippen LogP contribution in [0, 0.1) is 12.8 Å². The second-order valence-corrected chi connectivity index (χ2v) is 5.54. The van der Waals surface area contributed by atoms with E-state index in [9.17, 15) is 9.59 Å². The van der Waals surface area contributed by atoms with Crippen LogP contribution >= 0.6 is 0 Å². The molecule has 2 amide bonds. The summed E-state index contributed by atoms with van der Waals surface area (Å²) >= 11 is 0. The molecule has 0 aromatic carbocycles. The zero-order chi connectivity index (χ0) is 15.8. The average molecular weight is 296 g/mol. The molecule has 0 spiro atoms. The van der Waals surface area contributed by atoms with E-state index in [-0.39, 0.29) is 5.92 Å². The first-order valence-corrected chi connectivity index (χ1v) is 7.16. The van der Waals surface area contributed by atoms with Crippen LogP contribution in [0.3, 0.4) is 0 Å². The number of aliphatic carboxylic acids is 1. The van der Waals surface area contributed by atoms with Gasteiger partial charge in [-0.3, -0.25) is 5.10 Å². The summed E-state index contributed by atoms with van der Waals surface area (Å²) in [6.45, 7) is 6.28.